The van der Waals surface area contributed by atoms with Crippen LogP contribution < -0.4 is 42.7 Å². The van der Waals surface area contributed by atoms with Crippen LogP contribution in [0.1, 0.15) is 101 Å². The molecular formula is C44H64I7N4P. The van der Waals surface area contributed by atoms with Crippen molar-refractivity contribution < 1.29 is 24.0 Å². The van der Waals surface area contributed by atoms with Crippen LogP contribution in [0.4, 0.5) is 22.7 Å². The van der Waals surface area contributed by atoms with E-state index in [0.717, 1.165) is 77.5 Å². The SMILES string of the molecule is CCCCN(c1ccccc1C)[P+](N(CCCC)c1ccccc1C)(N(CCCC)c1ccccc1C)N(CCCC)c1ccccc1C.II.II.II.[I-]. The van der Waals surface area contributed by atoms with Gasteiger partial charge in [0, 0.05) is 112 Å². The Morgan fingerprint density at radius 3 is 0.696 bits per heavy atom. The molecule has 0 aliphatic rings. The molecule has 0 saturated carbocycles. The van der Waals surface area contributed by atoms with Crippen LogP contribution in [-0.2, 0) is 0 Å². The number of hydrogen-bond donors (Lipinski definition) is 0. The Hall–Kier alpha value is 1.62. The van der Waals surface area contributed by atoms with Crippen molar-refractivity contribution in [2.75, 3.05) is 44.9 Å². The Balaban J connectivity index is 0.00000412. The molecule has 4 aromatic rings. The number of anilines is 4. The smallest absolute Gasteiger partial charge is 0.405 e. The summed E-state index contributed by atoms with van der Waals surface area (Å²) in [6.45, 7) is 22.6. The minimum Gasteiger partial charge on any atom is -1.00 e. The number of halogens is 7. The highest BCUT2D eigenvalue weighted by Gasteiger charge is 2.63. The van der Waals surface area contributed by atoms with E-state index in [1.807, 2.05) is 0 Å². The maximum absolute atomic E-state index is 2.93. The molecule has 0 fully saturated rings. The minimum atomic E-state index is -2.72. The van der Waals surface area contributed by atoms with Gasteiger partial charge in [-0.25, -0.2) is 0 Å². The number of unbranched alkanes of at least 4 members (excludes halogenated alkanes) is 4. The number of rotatable bonds is 20. The van der Waals surface area contributed by atoms with E-state index in [9.17, 15) is 0 Å². The second-order valence-corrected chi connectivity index (χ2v) is 16.6. The van der Waals surface area contributed by atoms with Gasteiger partial charge in [-0.15, -0.1) is 0 Å². The molecule has 12 heteroatoms. The van der Waals surface area contributed by atoms with Crippen LogP contribution >= 0.6 is 120 Å². The van der Waals surface area contributed by atoms with E-state index < -0.39 is 7.87 Å². The number of hydrogen-bond acceptors (Lipinski definition) is 4. The highest BCUT2D eigenvalue weighted by atomic mass is 128. The Bertz CT molecular complexity index is 1360. The van der Waals surface area contributed by atoms with Crippen molar-refractivity contribution >= 4 is 142 Å². The van der Waals surface area contributed by atoms with Crippen molar-refractivity contribution in [3.63, 3.8) is 0 Å². The minimum absolute atomic E-state index is 0. The predicted octanol–water partition coefficient (Wildman–Crippen LogP) is 15.4. The quantitative estimate of drug-likeness (QED) is 0.0646. The number of nitrogens with zero attached hydrogens (tertiary/aromatic N) is 4. The Morgan fingerprint density at radius 1 is 0.357 bits per heavy atom. The lowest BCUT2D eigenvalue weighted by molar-refractivity contribution is -0.0000107. The monoisotopic (exact) mass is 1570 g/mol. The second kappa shape index (κ2) is 34.1. The van der Waals surface area contributed by atoms with Crippen molar-refractivity contribution in [1.82, 2.24) is 0 Å². The summed E-state index contributed by atoms with van der Waals surface area (Å²) in [5, 5.41) is 0. The van der Waals surface area contributed by atoms with E-state index in [0.29, 0.717) is 0 Å². The predicted molar refractivity (Wildman–Crippen MR) is 305 cm³/mol. The lowest BCUT2D eigenvalue weighted by atomic mass is 10.2. The molecule has 56 heavy (non-hydrogen) atoms. The van der Waals surface area contributed by atoms with Gasteiger partial charge >= 0.3 is 7.87 Å². The molecule has 4 rings (SSSR count). The summed E-state index contributed by atoms with van der Waals surface area (Å²) in [6, 6.07) is 36.8. The number of benzene rings is 4. The Morgan fingerprint density at radius 2 is 0.536 bits per heavy atom. The first-order chi connectivity index (χ1) is 26.9. The van der Waals surface area contributed by atoms with Gasteiger partial charge in [0.05, 0.1) is 48.9 Å². The molecule has 0 saturated heterocycles. The average molecular weight is 1570 g/mol. The molecule has 0 amide bonds. The fourth-order valence-corrected chi connectivity index (χ4v) is 12.3. The summed E-state index contributed by atoms with van der Waals surface area (Å²) in [6.07, 6.45) is 9.04. The van der Waals surface area contributed by atoms with Gasteiger partial charge in [-0.05, 0) is 99.9 Å². The molecular weight excluding hydrogens is 1500 g/mol. The van der Waals surface area contributed by atoms with Crippen molar-refractivity contribution in [2.45, 2.75) is 107 Å². The average Bonchev–Trinajstić information content (AvgIpc) is 3.22. The molecule has 0 bridgehead atoms. The molecule has 0 radical (unpaired) electrons. The molecule has 0 unspecified atom stereocenters. The van der Waals surface area contributed by atoms with Crippen molar-refractivity contribution in [1.29, 1.82) is 0 Å². The van der Waals surface area contributed by atoms with Crippen LogP contribution in [0.2, 0.25) is 0 Å². The summed E-state index contributed by atoms with van der Waals surface area (Å²) in [5.41, 5.74) is 10.8. The number of para-hydroxylation sites is 4. The zero-order chi connectivity index (χ0) is 41.2. The molecule has 4 aromatic carbocycles. The fourth-order valence-electron chi connectivity index (χ4n) is 7.02. The van der Waals surface area contributed by atoms with Gasteiger partial charge in [-0.1, -0.05) is 126 Å². The van der Waals surface area contributed by atoms with Gasteiger partial charge in [0.15, 0.2) is 0 Å². The molecule has 0 aliphatic carbocycles. The first-order valence-electron chi connectivity index (χ1n) is 19.5. The van der Waals surface area contributed by atoms with Gasteiger partial charge in [0.2, 0.25) is 0 Å². The maximum Gasteiger partial charge on any atom is 0.405 e. The summed E-state index contributed by atoms with van der Waals surface area (Å²) in [7, 11) is -2.72. The van der Waals surface area contributed by atoms with Gasteiger partial charge in [-0.2, -0.15) is 18.7 Å². The maximum atomic E-state index is 2.93. The summed E-state index contributed by atoms with van der Waals surface area (Å²) >= 11 is 12.7. The Kier molecular flexibility index (Phi) is 35.1. The molecule has 4 nitrogen and oxygen atoms in total. The van der Waals surface area contributed by atoms with Gasteiger partial charge in [0.1, 0.15) is 0 Å². The molecule has 0 aliphatic heterocycles. The van der Waals surface area contributed by atoms with Crippen molar-refractivity contribution in [3.05, 3.63) is 119 Å². The summed E-state index contributed by atoms with van der Waals surface area (Å²) in [5.74, 6) is 0. The van der Waals surface area contributed by atoms with Crippen LogP contribution in [-0.4, -0.2) is 26.2 Å². The Labute approximate surface area is 430 Å². The molecule has 0 aromatic heterocycles. The highest BCUT2D eigenvalue weighted by Crippen LogP contribution is 2.74. The lowest BCUT2D eigenvalue weighted by Gasteiger charge is -2.54. The van der Waals surface area contributed by atoms with Gasteiger partial charge < -0.3 is 24.0 Å². The largest absolute Gasteiger partial charge is 1.00 e. The third-order valence-corrected chi connectivity index (χ3v) is 14.0. The van der Waals surface area contributed by atoms with Gasteiger partial charge in [-0.3, -0.25) is 0 Å². The fraction of sp³-hybridized carbons (Fsp3) is 0.455. The van der Waals surface area contributed by atoms with Crippen LogP contribution in [0.15, 0.2) is 97.1 Å². The molecule has 0 atom stereocenters. The molecule has 0 spiro atoms. The van der Waals surface area contributed by atoms with Gasteiger partial charge in [0.25, 0.3) is 0 Å². The van der Waals surface area contributed by atoms with E-state index in [1.165, 1.54) is 45.0 Å². The van der Waals surface area contributed by atoms with Crippen LogP contribution in [0.5, 0.6) is 0 Å². The highest BCUT2D eigenvalue weighted by molar-refractivity contribution is 15.0. The zero-order valence-corrected chi connectivity index (χ0v) is 50.6. The standard InChI is InChI=1S/C44H64N4P.3I2.HI/c1-9-13-33-45(41-29-21-17-25-37(41)5)49(46(34-14-10-2)42-30-22-18-26-38(42)6,47(35-15-11-3)43-31-23-19-27-39(43)7)48(36-16-12-4)44-32-24-20-28-40(44)8;3*1-2;/h17-32H,9-16,33-36H2,1-8H3;;;;1H/q+1;;;;/p-1. The van der Waals surface area contributed by atoms with E-state index in [4.69, 9.17) is 0 Å². The summed E-state index contributed by atoms with van der Waals surface area (Å²) in [4.78, 5) is 0. The van der Waals surface area contributed by atoms with Crippen LogP contribution in [0, 0.1) is 27.7 Å². The second-order valence-electron chi connectivity index (χ2n) is 13.6. The summed E-state index contributed by atoms with van der Waals surface area (Å²) < 4.78 is 11.7. The third kappa shape index (κ3) is 16.1. The van der Waals surface area contributed by atoms with E-state index >= 15 is 0 Å². The molecule has 314 valence electrons. The first-order valence-corrected chi connectivity index (χ1v) is 40.0. The third-order valence-electron chi connectivity index (χ3n) is 9.76. The van der Waals surface area contributed by atoms with Crippen LogP contribution in [0.3, 0.4) is 0 Å². The normalized spacial score (nSPS) is 10.3. The zero-order valence-electron chi connectivity index (χ0n) is 34.6. The topological polar surface area (TPSA) is 13.0 Å². The van der Waals surface area contributed by atoms with E-state index in [2.05, 4.69) is 283 Å². The molecule has 0 N–H and O–H groups in total. The molecule has 0 heterocycles. The van der Waals surface area contributed by atoms with E-state index in [1.54, 1.807) is 0 Å². The first kappa shape index (κ1) is 57.6. The van der Waals surface area contributed by atoms with Crippen LogP contribution in [0.25, 0.3) is 0 Å². The van der Waals surface area contributed by atoms with Crippen molar-refractivity contribution in [3.8, 4) is 0 Å². The van der Waals surface area contributed by atoms with Crippen molar-refractivity contribution in [2.24, 2.45) is 0 Å². The van der Waals surface area contributed by atoms with E-state index in [-0.39, 0.29) is 24.0 Å². The lowest BCUT2D eigenvalue weighted by Crippen LogP contribution is -3.00. The number of aryl methyl sites for hydroxylation is 4.